The lowest BCUT2D eigenvalue weighted by Gasteiger charge is -2.32. The van der Waals surface area contributed by atoms with Crippen molar-refractivity contribution in [2.45, 2.75) is 19.3 Å². The number of primary amides is 1. The molecule has 5 heteroatoms. The van der Waals surface area contributed by atoms with E-state index in [-0.39, 0.29) is 5.91 Å². The van der Waals surface area contributed by atoms with Crippen LogP contribution in [0.2, 0.25) is 0 Å². The van der Waals surface area contributed by atoms with Gasteiger partial charge in [0, 0.05) is 24.9 Å². The first-order valence-corrected chi connectivity index (χ1v) is 7.39. The third-order valence-electron chi connectivity index (χ3n) is 3.76. The van der Waals surface area contributed by atoms with Gasteiger partial charge in [-0.3, -0.25) is 4.79 Å². The van der Waals surface area contributed by atoms with E-state index in [4.69, 9.17) is 5.73 Å². The van der Waals surface area contributed by atoms with E-state index in [9.17, 15) is 4.79 Å². The van der Waals surface area contributed by atoms with Crippen molar-refractivity contribution in [2.75, 3.05) is 18.0 Å². The van der Waals surface area contributed by atoms with Crippen LogP contribution < -0.4 is 10.6 Å². The fourth-order valence-electron chi connectivity index (χ4n) is 2.73. The third kappa shape index (κ3) is 2.56. The predicted octanol–water partition coefficient (Wildman–Crippen LogP) is 2.39. The summed E-state index contributed by atoms with van der Waals surface area (Å²) in [7, 11) is 0. The van der Waals surface area contributed by atoms with Crippen LogP contribution >= 0.6 is 11.5 Å². The molecule has 0 saturated carbocycles. The standard InChI is InChI=1S/C14H17N3OS/c15-13(18)9-10-5-7-17(8-6-10)14-11-3-1-2-4-12(11)16-19-14/h1-4,10H,5-9H2,(H2,15,18). The highest BCUT2D eigenvalue weighted by Gasteiger charge is 2.23. The lowest BCUT2D eigenvalue weighted by atomic mass is 9.93. The number of amides is 1. The zero-order chi connectivity index (χ0) is 13.2. The maximum atomic E-state index is 11.0. The molecule has 2 aromatic rings. The van der Waals surface area contributed by atoms with Gasteiger partial charge in [-0.05, 0) is 42.4 Å². The van der Waals surface area contributed by atoms with Crippen LogP contribution in [0.3, 0.4) is 0 Å². The zero-order valence-electron chi connectivity index (χ0n) is 10.7. The number of anilines is 1. The summed E-state index contributed by atoms with van der Waals surface area (Å²) in [5.74, 6) is 0.273. The van der Waals surface area contributed by atoms with Crippen LogP contribution in [0.4, 0.5) is 5.00 Å². The highest BCUT2D eigenvalue weighted by atomic mass is 32.1. The Kier molecular flexibility index (Phi) is 3.38. The van der Waals surface area contributed by atoms with Crippen molar-refractivity contribution in [3.05, 3.63) is 24.3 Å². The number of hydrogen-bond donors (Lipinski definition) is 1. The van der Waals surface area contributed by atoms with Crippen molar-refractivity contribution < 1.29 is 4.79 Å². The van der Waals surface area contributed by atoms with Crippen molar-refractivity contribution in [3.8, 4) is 0 Å². The fourth-order valence-corrected chi connectivity index (χ4v) is 3.64. The summed E-state index contributed by atoms with van der Waals surface area (Å²) in [6, 6.07) is 8.25. The Balaban J connectivity index is 1.73. The molecule has 1 aliphatic rings. The SMILES string of the molecule is NC(=O)CC1CCN(c2snc3ccccc23)CC1. The molecule has 2 heterocycles. The van der Waals surface area contributed by atoms with Crippen LogP contribution in [0.1, 0.15) is 19.3 Å². The molecule has 1 aromatic heterocycles. The minimum absolute atomic E-state index is 0.179. The number of hydrogen-bond acceptors (Lipinski definition) is 4. The van der Waals surface area contributed by atoms with E-state index >= 15 is 0 Å². The van der Waals surface area contributed by atoms with Gasteiger partial charge in [0.25, 0.3) is 0 Å². The maximum absolute atomic E-state index is 11.0. The quantitative estimate of drug-likeness (QED) is 0.935. The number of rotatable bonds is 3. The Labute approximate surface area is 116 Å². The normalized spacial score (nSPS) is 16.9. The number of aromatic nitrogens is 1. The Hall–Kier alpha value is -1.62. The monoisotopic (exact) mass is 275 g/mol. The molecule has 1 amide bonds. The lowest BCUT2D eigenvalue weighted by Crippen LogP contribution is -2.34. The second-order valence-electron chi connectivity index (χ2n) is 5.11. The molecule has 0 radical (unpaired) electrons. The summed E-state index contributed by atoms with van der Waals surface area (Å²) in [5.41, 5.74) is 6.34. The zero-order valence-corrected chi connectivity index (χ0v) is 11.5. The second-order valence-corrected chi connectivity index (χ2v) is 5.86. The van der Waals surface area contributed by atoms with Crippen molar-refractivity contribution in [1.29, 1.82) is 0 Å². The molecule has 1 aliphatic heterocycles. The lowest BCUT2D eigenvalue weighted by molar-refractivity contribution is -0.119. The Morgan fingerprint density at radius 3 is 2.84 bits per heavy atom. The van der Waals surface area contributed by atoms with Gasteiger partial charge in [-0.25, -0.2) is 0 Å². The van der Waals surface area contributed by atoms with Crippen LogP contribution in [0, 0.1) is 5.92 Å². The summed E-state index contributed by atoms with van der Waals surface area (Å²) in [6.45, 7) is 1.98. The number of fused-ring (bicyclic) bond motifs is 1. The molecule has 1 aromatic carbocycles. The average Bonchev–Trinajstić information content (AvgIpc) is 2.83. The molecule has 1 fully saturated rings. The van der Waals surface area contributed by atoms with Crippen molar-refractivity contribution in [2.24, 2.45) is 11.7 Å². The highest BCUT2D eigenvalue weighted by molar-refractivity contribution is 7.11. The fraction of sp³-hybridized carbons (Fsp3) is 0.429. The van der Waals surface area contributed by atoms with Crippen LogP contribution in [0.25, 0.3) is 10.9 Å². The summed E-state index contributed by atoms with van der Waals surface area (Å²) in [5, 5.41) is 2.49. The van der Waals surface area contributed by atoms with Gasteiger partial charge in [0.05, 0.1) is 5.52 Å². The first-order chi connectivity index (χ1) is 9.24. The summed E-state index contributed by atoms with van der Waals surface area (Å²) >= 11 is 1.57. The highest BCUT2D eigenvalue weighted by Crippen LogP contribution is 2.34. The second kappa shape index (κ2) is 5.17. The van der Waals surface area contributed by atoms with Gasteiger partial charge in [0.1, 0.15) is 5.00 Å². The summed E-state index contributed by atoms with van der Waals surface area (Å²) in [4.78, 5) is 13.3. The van der Waals surface area contributed by atoms with Gasteiger partial charge in [-0.15, -0.1) is 0 Å². The average molecular weight is 275 g/mol. The van der Waals surface area contributed by atoms with E-state index in [1.807, 2.05) is 6.07 Å². The number of carbonyl (C=O) groups excluding carboxylic acids is 1. The van der Waals surface area contributed by atoms with Crippen molar-refractivity contribution in [3.63, 3.8) is 0 Å². The minimum Gasteiger partial charge on any atom is -0.370 e. The van der Waals surface area contributed by atoms with E-state index < -0.39 is 0 Å². The molecule has 0 unspecified atom stereocenters. The molecule has 0 atom stereocenters. The van der Waals surface area contributed by atoms with Crippen LogP contribution in [-0.4, -0.2) is 23.4 Å². The summed E-state index contributed by atoms with van der Waals surface area (Å²) < 4.78 is 4.49. The molecule has 1 saturated heterocycles. The number of piperidine rings is 1. The van der Waals surface area contributed by atoms with Gasteiger partial charge >= 0.3 is 0 Å². The number of benzene rings is 1. The number of nitrogens with two attached hydrogens (primary N) is 1. The van der Waals surface area contributed by atoms with E-state index in [1.165, 1.54) is 10.4 Å². The first-order valence-electron chi connectivity index (χ1n) is 6.61. The number of nitrogens with zero attached hydrogens (tertiary/aromatic N) is 2. The van der Waals surface area contributed by atoms with E-state index in [0.717, 1.165) is 31.4 Å². The molecule has 3 rings (SSSR count). The Bertz CT molecular complexity index is 587. The molecule has 0 spiro atoms. The molecule has 19 heavy (non-hydrogen) atoms. The molecule has 2 N–H and O–H groups in total. The minimum atomic E-state index is -0.179. The van der Waals surface area contributed by atoms with Crippen molar-refractivity contribution in [1.82, 2.24) is 4.37 Å². The van der Waals surface area contributed by atoms with E-state index in [0.29, 0.717) is 12.3 Å². The molecule has 0 bridgehead atoms. The third-order valence-corrected chi connectivity index (χ3v) is 4.70. The number of carbonyl (C=O) groups is 1. The smallest absolute Gasteiger partial charge is 0.217 e. The van der Waals surface area contributed by atoms with Crippen molar-refractivity contribution >= 4 is 33.3 Å². The maximum Gasteiger partial charge on any atom is 0.217 e. The predicted molar refractivity (Wildman–Crippen MR) is 78.4 cm³/mol. The molecular weight excluding hydrogens is 258 g/mol. The van der Waals surface area contributed by atoms with Gasteiger partial charge in [0.2, 0.25) is 5.91 Å². The first kappa shape index (κ1) is 12.4. The molecule has 4 nitrogen and oxygen atoms in total. The van der Waals surface area contributed by atoms with Gasteiger partial charge in [-0.1, -0.05) is 12.1 Å². The molecule has 0 aliphatic carbocycles. The van der Waals surface area contributed by atoms with Gasteiger partial charge < -0.3 is 10.6 Å². The van der Waals surface area contributed by atoms with Gasteiger partial charge in [-0.2, -0.15) is 4.37 Å². The van der Waals surface area contributed by atoms with Crippen LogP contribution in [0.5, 0.6) is 0 Å². The van der Waals surface area contributed by atoms with E-state index in [1.54, 1.807) is 11.5 Å². The van der Waals surface area contributed by atoms with Gasteiger partial charge in [0.15, 0.2) is 0 Å². The Morgan fingerprint density at radius 2 is 2.11 bits per heavy atom. The topological polar surface area (TPSA) is 59.2 Å². The van der Waals surface area contributed by atoms with Crippen LogP contribution in [-0.2, 0) is 4.79 Å². The molecular formula is C14H17N3OS. The Morgan fingerprint density at radius 1 is 1.37 bits per heavy atom. The van der Waals surface area contributed by atoms with Crippen LogP contribution in [0.15, 0.2) is 24.3 Å². The summed E-state index contributed by atoms with van der Waals surface area (Å²) in [6.07, 6.45) is 2.60. The largest absolute Gasteiger partial charge is 0.370 e. The molecule has 100 valence electrons. The van der Waals surface area contributed by atoms with E-state index in [2.05, 4.69) is 27.5 Å².